The first kappa shape index (κ1) is 12.9. The molecule has 1 aromatic rings. The molecule has 1 aromatic carbocycles. The topological polar surface area (TPSA) is 40.5 Å². The van der Waals surface area contributed by atoms with Crippen LogP contribution in [0.3, 0.4) is 0 Å². The summed E-state index contributed by atoms with van der Waals surface area (Å²) in [7, 11) is 1.91. The van der Waals surface area contributed by atoms with E-state index in [4.69, 9.17) is 5.11 Å². The molecule has 0 heterocycles. The molecule has 3 nitrogen and oxygen atoms in total. The normalized spacial score (nSPS) is 10.1. The van der Waals surface area contributed by atoms with Gasteiger partial charge in [0.25, 0.3) is 0 Å². The van der Waals surface area contributed by atoms with Gasteiger partial charge in [0.2, 0.25) is 0 Å². The van der Waals surface area contributed by atoms with E-state index in [0.717, 1.165) is 11.4 Å². The van der Waals surface area contributed by atoms with Gasteiger partial charge in [-0.05, 0) is 30.0 Å². The molecule has 0 amide bonds. The Labute approximate surface area is 100 Å². The highest BCUT2D eigenvalue weighted by Crippen LogP contribution is 2.21. The number of carboxylic acid groups (broad SMARTS) is 1. The summed E-state index contributed by atoms with van der Waals surface area (Å²) in [5, 5.41) is 8.59. The van der Waals surface area contributed by atoms with Crippen LogP contribution in [0.1, 0.15) is 13.3 Å². The van der Waals surface area contributed by atoms with Crippen LogP contribution in [0, 0.1) is 0 Å². The first-order valence-corrected chi connectivity index (χ1v) is 6.28. The molecule has 88 valence electrons. The largest absolute Gasteiger partial charge is 0.481 e. The van der Waals surface area contributed by atoms with E-state index in [-0.39, 0.29) is 6.42 Å². The lowest BCUT2D eigenvalue weighted by molar-refractivity contribution is -0.136. The predicted molar refractivity (Wildman–Crippen MR) is 68.4 cm³/mol. The maximum absolute atomic E-state index is 10.4. The van der Waals surface area contributed by atoms with Crippen molar-refractivity contribution in [2.24, 2.45) is 0 Å². The lowest BCUT2D eigenvalue weighted by atomic mass is 10.3. The van der Waals surface area contributed by atoms with E-state index >= 15 is 0 Å². The Kier molecular flexibility index (Phi) is 5.19. The van der Waals surface area contributed by atoms with Gasteiger partial charge in [0.05, 0.1) is 6.42 Å². The van der Waals surface area contributed by atoms with E-state index in [1.54, 1.807) is 11.8 Å². The molecule has 0 atom stereocenters. The van der Waals surface area contributed by atoms with Crippen molar-refractivity contribution in [2.45, 2.75) is 18.2 Å². The van der Waals surface area contributed by atoms with Gasteiger partial charge in [0.15, 0.2) is 0 Å². The summed E-state index contributed by atoms with van der Waals surface area (Å²) in [5.74, 6) is 0.304. The second kappa shape index (κ2) is 6.43. The van der Waals surface area contributed by atoms with Crippen molar-refractivity contribution < 1.29 is 9.90 Å². The van der Waals surface area contributed by atoms with Gasteiger partial charge in [0.1, 0.15) is 0 Å². The standard InChI is InChI=1S/C12H17NO2S/c1-3-16-11-6-4-10(5-7-11)13(2)9-8-12(14)15/h4-7H,3,8-9H2,1-2H3,(H,14,15). The Morgan fingerprint density at radius 2 is 2.00 bits per heavy atom. The van der Waals surface area contributed by atoms with E-state index in [1.807, 2.05) is 24.1 Å². The van der Waals surface area contributed by atoms with Gasteiger partial charge in [-0.2, -0.15) is 0 Å². The van der Waals surface area contributed by atoms with E-state index in [2.05, 4.69) is 19.1 Å². The fourth-order valence-corrected chi connectivity index (χ4v) is 2.02. The van der Waals surface area contributed by atoms with Gasteiger partial charge < -0.3 is 10.0 Å². The number of carbonyl (C=O) groups is 1. The highest BCUT2D eigenvalue weighted by atomic mass is 32.2. The van der Waals surface area contributed by atoms with Crippen LogP contribution in [-0.2, 0) is 4.79 Å². The Morgan fingerprint density at radius 3 is 2.50 bits per heavy atom. The summed E-state index contributed by atoms with van der Waals surface area (Å²) in [5.41, 5.74) is 1.06. The molecule has 0 bridgehead atoms. The van der Waals surface area contributed by atoms with Crippen molar-refractivity contribution in [1.82, 2.24) is 0 Å². The van der Waals surface area contributed by atoms with E-state index in [9.17, 15) is 4.79 Å². The molecule has 0 aromatic heterocycles. The number of thioether (sulfide) groups is 1. The molecule has 0 aliphatic rings. The fraction of sp³-hybridized carbons (Fsp3) is 0.417. The molecular formula is C12H17NO2S. The van der Waals surface area contributed by atoms with Gasteiger partial charge in [-0.15, -0.1) is 11.8 Å². The van der Waals surface area contributed by atoms with Gasteiger partial charge in [-0.25, -0.2) is 0 Å². The predicted octanol–water partition coefficient (Wildman–Crippen LogP) is 2.71. The second-order valence-corrected chi connectivity index (χ2v) is 4.83. The molecule has 0 fully saturated rings. The van der Waals surface area contributed by atoms with Crippen molar-refractivity contribution >= 4 is 23.4 Å². The van der Waals surface area contributed by atoms with Crippen LogP contribution in [0.2, 0.25) is 0 Å². The monoisotopic (exact) mass is 239 g/mol. The number of rotatable bonds is 6. The number of anilines is 1. The number of carboxylic acids is 1. The van der Waals surface area contributed by atoms with E-state index in [0.29, 0.717) is 6.54 Å². The zero-order chi connectivity index (χ0) is 12.0. The Bertz CT molecular complexity index is 337. The Balaban J connectivity index is 2.55. The molecule has 0 saturated heterocycles. The Hall–Kier alpha value is -1.16. The molecule has 1 rings (SSSR count). The molecule has 16 heavy (non-hydrogen) atoms. The van der Waals surface area contributed by atoms with Crippen LogP contribution in [0.15, 0.2) is 29.2 Å². The third-order valence-electron chi connectivity index (χ3n) is 2.25. The molecule has 0 spiro atoms. The number of nitrogens with zero attached hydrogens (tertiary/aromatic N) is 1. The average molecular weight is 239 g/mol. The van der Waals surface area contributed by atoms with Crippen molar-refractivity contribution in [2.75, 3.05) is 24.2 Å². The third-order valence-corrected chi connectivity index (χ3v) is 3.14. The van der Waals surface area contributed by atoms with Crippen molar-refractivity contribution in [1.29, 1.82) is 0 Å². The molecule has 0 aliphatic carbocycles. The average Bonchev–Trinajstić information content (AvgIpc) is 2.27. The van der Waals surface area contributed by atoms with Gasteiger partial charge >= 0.3 is 5.97 Å². The molecule has 0 radical (unpaired) electrons. The highest BCUT2D eigenvalue weighted by Gasteiger charge is 2.03. The number of hydrogen-bond acceptors (Lipinski definition) is 3. The highest BCUT2D eigenvalue weighted by molar-refractivity contribution is 7.99. The van der Waals surface area contributed by atoms with E-state index < -0.39 is 5.97 Å². The summed E-state index contributed by atoms with van der Waals surface area (Å²) >= 11 is 1.80. The fourth-order valence-electron chi connectivity index (χ4n) is 1.36. The summed E-state index contributed by atoms with van der Waals surface area (Å²) < 4.78 is 0. The van der Waals surface area contributed by atoms with Crippen LogP contribution in [-0.4, -0.2) is 30.4 Å². The zero-order valence-corrected chi connectivity index (χ0v) is 10.5. The van der Waals surface area contributed by atoms with Gasteiger partial charge in [-0.1, -0.05) is 6.92 Å². The zero-order valence-electron chi connectivity index (χ0n) is 9.64. The summed E-state index contributed by atoms with van der Waals surface area (Å²) in [6.07, 6.45) is 0.169. The summed E-state index contributed by atoms with van der Waals surface area (Å²) in [6, 6.07) is 8.20. The molecule has 0 aliphatic heterocycles. The minimum Gasteiger partial charge on any atom is -0.481 e. The first-order valence-electron chi connectivity index (χ1n) is 5.29. The lowest BCUT2D eigenvalue weighted by Gasteiger charge is -2.18. The van der Waals surface area contributed by atoms with Crippen molar-refractivity contribution in [3.05, 3.63) is 24.3 Å². The third kappa shape index (κ3) is 4.14. The van der Waals surface area contributed by atoms with Crippen molar-refractivity contribution in [3.63, 3.8) is 0 Å². The lowest BCUT2D eigenvalue weighted by Crippen LogP contribution is -2.20. The van der Waals surface area contributed by atoms with Crippen LogP contribution in [0.4, 0.5) is 5.69 Å². The van der Waals surface area contributed by atoms with Gasteiger partial charge in [-0.3, -0.25) is 4.79 Å². The number of aliphatic carboxylic acids is 1. The number of hydrogen-bond donors (Lipinski definition) is 1. The smallest absolute Gasteiger partial charge is 0.305 e. The number of benzene rings is 1. The van der Waals surface area contributed by atoms with Crippen LogP contribution >= 0.6 is 11.8 Å². The van der Waals surface area contributed by atoms with Crippen molar-refractivity contribution in [3.8, 4) is 0 Å². The minimum atomic E-state index is -0.759. The van der Waals surface area contributed by atoms with E-state index in [1.165, 1.54) is 4.90 Å². The molecular weight excluding hydrogens is 222 g/mol. The molecule has 0 saturated carbocycles. The van der Waals surface area contributed by atoms with Gasteiger partial charge in [0, 0.05) is 24.2 Å². The molecule has 0 unspecified atom stereocenters. The second-order valence-electron chi connectivity index (χ2n) is 3.49. The minimum absolute atomic E-state index is 0.169. The Morgan fingerprint density at radius 1 is 1.38 bits per heavy atom. The maximum Gasteiger partial charge on any atom is 0.305 e. The molecule has 1 N–H and O–H groups in total. The van der Waals surface area contributed by atoms with Crippen LogP contribution < -0.4 is 4.90 Å². The first-order chi connectivity index (χ1) is 7.63. The van der Waals surface area contributed by atoms with Crippen LogP contribution in [0.5, 0.6) is 0 Å². The quantitative estimate of drug-likeness (QED) is 0.775. The summed E-state index contributed by atoms with van der Waals surface area (Å²) in [4.78, 5) is 13.6. The van der Waals surface area contributed by atoms with Crippen LogP contribution in [0.25, 0.3) is 0 Å². The summed E-state index contributed by atoms with van der Waals surface area (Å²) in [6.45, 7) is 2.66. The molecule has 4 heteroatoms. The maximum atomic E-state index is 10.4. The SMILES string of the molecule is CCSc1ccc(N(C)CCC(=O)O)cc1.